The van der Waals surface area contributed by atoms with Gasteiger partial charge in [0, 0.05) is 12.2 Å². The molecule has 0 aliphatic heterocycles. The molecule has 0 aliphatic carbocycles. The fourth-order valence-corrected chi connectivity index (χ4v) is 1.63. The van der Waals surface area contributed by atoms with Crippen LogP contribution in [0.2, 0.25) is 0 Å². The van der Waals surface area contributed by atoms with Gasteiger partial charge in [0.05, 0.1) is 0 Å². The molecule has 0 saturated heterocycles. The molecule has 0 amide bonds. The summed E-state index contributed by atoms with van der Waals surface area (Å²) in [4.78, 5) is 2.09. The van der Waals surface area contributed by atoms with Crippen LogP contribution in [0.15, 0.2) is 11.3 Å². The molecule has 0 fully saturated rings. The lowest BCUT2D eigenvalue weighted by Crippen LogP contribution is -2.32. The van der Waals surface area contributed by atoms with Gasteiger partial charge in [-0.2, -0.15) is 0 Å². The molecule has 0 aromatic heterocycles. The third-order valence-electron chi connectivity index (χ3n) is 2.86. The van der Waals surface area contributed by atoms with Crippen molar-refractivity contribution in [1.29, 1.82) is 0 Å². The molecule has 1 unspecified atom stereocenters. The first-order valence-electron chi connectivity index (χ1n) is 6.09. The highest BCUT2D eigenvalue weighted by Crippen LogP contribution is 2.14. The third-order valence-corrected chi connectivity index (χ3v) is 2.86. The summed E-state index contributed by atoms with van der Waals surface area (Å²) in [7, 11) is 0. The lowest BCUT2D eigenvalue weighted by Gasteiger charge is -2.29. The van der Waals surface area contributed by atoms with E-state index in [0.717, 1.165) is 6.54 Å². The van der Waals surface area contributed by atoms with E-state index < -0.39 is 0 Å². The van der Waals surface area contributed by atoms with Gasteiger partial charge in [0.15, 0.2) is 0 Å². The molecule has 0 aliphatic rings. The minimum Gasteiger partial charge on any atom is -0.374 e. The SMILES string of the molecule is CCCCCCN(C(C)=C(C)C)C(C)O. The van der Waals surface area contributed by atoms with Crippen molar-refractivity contribution in [2.45, 2.75) is 66.5 Å². The van der Waals surface area contributed by atoms with E-state index in [4.69, 9.17) is 0 Å². The van der Waals surface area contributed by atoms with E-state index >= 15 is 0 Å². The van der Waals surface area contributed by atoms with Crippen molar-refractivity contribution >= 4 is 0 Å². The van der Waals surface area contributed by atoms with Crippen molar-refractivity contribution in [1.82, 2.24) is 4.90 Å². The highest BCUT2D eigenvalue weighted by Gasteiger charge is 2.11. The lowest BCUT2D eigenvalue weighted by atomic mass is 10.1. The molecule has 0 rings (SSSR count). The van der Waals surface area contributed by atoms with Crippen LogP contribution in [0.5, 0.6) is 0 Å². The van der Waals surface area contributed by atoms with E-state index in [1.54, 1.807) is 0 Å². The summed E-state index contributed by atoms with van der Waals surface area (Å²) < 4.78 is 0. The van der Waals surface area contributed by atoms with E-state index in [0.29, 0.717) is 0 Å². The van der Waals surface area contributed by atoms with E-state index in [2.05, 4.69) is 32.6 Å². The zero-order valence-corrected chi connectivity index (χ0v) is 11.0. The van der Waals surface area contributed by atoms with Crippen molar-refractivity contribution in [2.24, 2.45) is 0 Å². The Morgan fingerprint density at radius 1 is 1.13 bits per heavy atom. The van der Waals surface area contributed by atoms with E-state index in [1.165, 1.54) is 37.0 Å². The smallest absolute Gasteiger partial charge is 0.123 e. The van der Waals surface area contributed by atoms with Gasteiger partial charge in [-0.3, -0.25) is 0 Å². The molecular weight excluding hydrogens is 186 g/mol. The lowest BCUT2D eigenvalue weighted by molar-refractivity contribution is 0.0426. The third kappa shape index (κ3) is 5.83. The largest absolute Gasteiger partial charge is 0.374 e. The molecule has 0 saturated carbocycles. The van der Waals surface area contributed by atoms with Gasteiger partial charge < -0.3 is 10.0 Å². The van der Waals surface area contributed by atoms with Crippen LogP contribution in [-0.2, 0) is 0 Å². The number of allylic oxidation sites excluding steroid dienone is 2. The monoisotopic (exact) mass is 213 g/mol. The van der Waals surface area contributed by atoms with Gasteiger partial charge in [-0.15, -0.1) is 0 Å². The quantitative estimate of drug-likeness (QED) is 0.516. The van der Waals surface area contributed by atoms with Gasteiger partial charge >= 0.3 is 0 Å². The molecule has 1 N–H and O–H groups in total. The first kappa shape index (κ1) is 14.5. The van der Waals surface area contributed by atoms with Crippen molar-refractivity contribution in [3.05, 3.63) is 11.3 Å². The molecule has 0 aromatic rings. The number of unbranched alkanes of at least 4 members (excludes halogenated alkanes) is 3. The molecule has 2 nitrogen and oxygen atoms in total. The summed E-state index contributed by atoms with van der Waals surface area (Å²) in [6.45, 7) is 11.3. The topological polar surface area (TPSA) is 23.5 Å². The van der Waals surface area contributed by atoms with Gasteiger partial charge in [-0.25, -0.2) is 0 Å². The minimum absolute atomic E-state index is 0.374. The highest BCUT2D eigenvalue weighted by molar-refractivity contribution is 5.06. The summed E-state index contributed by atoms with van der Waals surface area (Å²) in [6.07, 6.45) is 4.61. The zero-order chi connectivity index (χ0) is 11.8. The number of aliphatic hydroxyl groups excluding tert-OH is 1. The molecule has 15 heavy (non-hydrogen) atoms. The first-order chi connectivity index (χ1) is 7.00. The average Bonchev–Trinajstić information content (AvgIpc) is 2.16. The molecule has 0 heterocycles. The van der Waals surface area contributed by atoms with E-state index in [1.807, 2.05) is 6.92 Å². The second kappa shape index (κ2) is 7.75. The number of hydrogen-bond acceptors (Lipinski definition) is 2. The van der Waals surface area contributed by atoms with Crippen LogP contribution in [0, 0.1) is 0 Å². The van der Waals surface area contributed by atoms with E-state index in [9.17, 15) is 5.11 Å². The Morgan fingerprint density at radius 2 is 1.73 bits per heavy atom. The fraction of sp³-hybridized carbons (Fsp3) is 0.846. The van der Waals surface area contributed by atoms with Crippen molar-refractivity contribution in [2.75, 3.05) is 6.54 Å². The number of hydrogen-bond donors (Lipinski definition) is 1. The maximum Gasteiger partial charge on any atom is 0.123 e. The molecular formula is C13H27NO. The number of rotatable bonds is 7. The van der Waals surface area contributed by atoms with Gasteiger partial charge in [-0.1, -0.05) is 31.8 Å². The molecule has 0 bridgehead atoms. The second-order valence-corrected chi connectivity index (χ2v) is 4.47. The second-order valence-electron chi connectivity index (χ2n) is 4.47. The normalized spacial score (nSPS) is 12.4. The molecule has 90 valence electrons. The van der Waals surface area contributed by atoms with Crippen LogP contribution in [0.1, 0.15) is 60.3 Å². The van der Waals surface area contributed by atoms with Crippen molar-refractivity contribution < 1.29 is 5.11 Å². The Bertz CT molecular complexity index is 193. The van der Waals surface area contributed by atoms with Crippen LogP contribution in [-0.4, -0.2) is 22.8 Å². The van der Waals surface area contributed by atoms with Gasteiger partial charge in [0.1, 0.15) is 6.23 Å². The molecule has 1 atom stereocenters. The Morgan fingerprint density at radius 3 is 2.13 bits per heavy atom. The van der Waals surface area contributed by atoms with Gasteiger partial charge in [-0.05, 0) is 34.1 Å². The predicted octanol–water partition coefficient (Wildman–Crippen LogP) is 3.52. The summed E-state index contributed by atoms with van der Waals surface area (Å²) in [5, 5.41) is 9.68. The Balaban J connectivity index is 4.13. The Hall–Kier alpha value is -0.500. The predicted molar refractivity (Wildman–Crippen MR) is 66.6 cm³/mol. The molecule has 0 aromatic carbocycles. The van der Waals surface area contributed by atoms with Gasteiger partial charge in [0.2, 0.25) is 0 Å². The number of aliphatic hydroxyl groups is 1. The van der Waals surface area contributed by atoms with Crippen LogP contribution < -0.4 is 0 Å². The van der Waals surface area contributed by atoms with Gasteiger partial charge in [0.25, 0.3) is 0 Å². The number of nitrogens with zero attached hydrogens (tertiary/aromatic N) is 1. The maximum absolute atomic E-state index is 9.68. The van der Waals surface area contributed by atoms with E-state index in [-0.39, 0.29) is 6.23 Å². The summed E-state index contributed by atoms with van der Waals surface area (Å²) in [6, 6.07) is 0. The fourth-order valence-electron chi connectivity index (χ4n) is 1.63. The summed E-state index contributed by atoms with van der Waals surface area (Å²) in [5.74, 6) is 0. The molecule has 0 radical (unpaired) electrons. The Labute approximate surface area is 95.0 Å². The molecule has 0 spiro atoms. The van der Waals surface area contributed by atoms with Crippen LogP contribution in [0.4, 0.5) is 0 Å². The standard InChI is InChI=1S/C13H27NO/c1-6-7-8-9-10-14(13(5)15)12(4)11(2)3/h13,15H,6-10H2,1-5H3. The molecule has 2 heteroatoms. The summed E-state index contributed by atoms with van der Waals surface area (Å²) in [5.41, 5.74) is 2.49. The van der Waals surface area contributed by atoms with Crippen LogP contribution in [0.25, 0.3) is 0 Å². The Kier molecular flexibility index (Phi) is 7.49. The average molecular weight is 213 g/mol. The highest BCUT2D eigenvalue weighted by atomic mass is 16.3. The minimum atomic E-state index is -0.374. The zero-order valence-electron chi connectivity index (χ0n) is 11.0. The van der Waals surface area contributed by atoms with Crippen molar-refractivity contribution in [3.63, 3.8) is 0 Å². The van der Waals surface area contributed by atoms with Crippen molar-refractivity contribution in [3.8, 4) is 0 Å². The van der Waals surface area contributed by atoms with Crippen LogP contribution >= 0.6 is 0 Å². The maximum atomic E-state index is 9.68. The summed E-state index contributed by atoms with van der Waals surface area (Å²) >= 11 is 0. The first-order valence-corrected chi connectivity index (χ1v) is 6.09. The van der Waals surface area contributed by atoms with Crippen LogP contribution in [0.3, 0.4) is 0 Å².